The molecule has 9 heteroatoms. The number of aliphatic hydroxyl groups is 3. The lowest BCUT2D eigenvalue weighted by Crippen LogP contribution is -2.56. The maximum atomic E-state index is 13.8. The molecule has 0 saturated carbocycles. The fourth-order valence-electron chi connectivity index (χ4n) is 2.06. The summed E-state index contributed by atoms with van der Waals surface area (Å²) in [6.45, 7) is 0.747. The van der Waals surface area contributed by atoms with E-state index in [1.807, 2.05) is 4.98 Å². The van der Waals surface area contributed by atoms with Gasteiger partial charge in [0.15, 0.2) is 12.4 Å². The average Bonchev–Trinajstić information content (AvgIpc) is 2.41. The molecule has 1 aliphatic heterocycles. The molecular formula is C11H15FN2O6. The minimum Gasteiger partial charge on any atom is -0.394 e. The van der Waals surface area contributed by atoms with Gasteiger partial charge in [0, 0.05) is 11.8 Å². The van der Waals surface area contributed by atoms with Crippen LogP contribution in [0.2, 0.25) is 0 Å². The molecule has 8 nitrogen and oxygen atoms in total. The van der Waals surface area contributed by atoms with Crippen LogP contribution in [0.5, 0.6) is 0 Å². The Kier molecular flexibility index (Phi) is 4.04. The zero-order valence-corrected chi connectivity index (χ0v) is 10.6. The van der Waals surface area contributed by atoms with Crippen LogP contribution in [0.25, 0.3) is 0 Å². The fourth-order valence-corrected chi connectivity index (χ4v) is 2.06. The largest absolute Gasteiger partial charge is 0.394 e. The first-order valence-corrected chi connectivity index (χ1v) is 5.95. The molecule has 2 rings (SSSR count). The summed E-state index contributed by atoms with van der Waals surface area (Å²) in [4.78, 5) is 25.0. The molecule has 1 fully saturated rings. The van der Waals surface area contributed by atoms with E-state index >= 15 is 0 Å². The molecule has 20 heavy (non-hydrogen) atoms. The minimum atomic E-state index is -2.09. The van der Waals surface area contributed by atoms with E-state index in [-0.39, 0.29) is 5.56 Å². The van der Waals surface area contributed by atoms with Crippen molar-refractivity contribution in [2.24, 2.45) is 0 Å². The van der Waals surface area contributed by atoms with Gasteiger partial charge < -0.3 is 20.1 Å². The monoisotopic (exact) mass is 290 g/mol. The lowest BCUT2D eigenvalue weighted by molar-refractivity contribution is -0.237. The molecule has 0 bridgehead atoms. The quantitative estimate of drug-likeness (QED) is 0.490. The fraction of sp³-hybridized carbons (Fsp3) is 0.636. The second-order valence-corrected chi connectivity index (χ2v) is 4.65. The Balaban J connectivity index is 2.44. The summed E-state index contributed by atoms with van der Waals surface area (Å²) in [5, 5.41) is 28.3. The van der Waals surface area contributed by atoms with E-state index < -0.39 is 48.6 Å². The molecule has 0 unspecified atom stereocenters. The summed E-state index contributed by atoms with van der Waals surface area (Å²) in [6, 6.07) is 0. The molecule has 5 atom stereocenters. The molecular weight excluding hydrogens is 275 g/mol. The van der Waals surface area contributed by atoms with Gasteiger partial charge in [-0.15, -0.1) is 0 Å². The lowest BCUT2D eigenvalue weighted by atomic mass is 9.99. The van der Waals surface area contributed by atoms with Gasteiger partial charge in [0.2, 0.25) is 0 Å². The molecule has 1 saturated heterocycles. The van der Waals surface area contributed by atoms with Crippen molar-refractivity contribution in [2.75, 3.05) is 6.61 Å². The third-order valence-electron chi connectivity index (χ3n) is 3.24. The summed E-state index contributed by atoms with van der Waals surface area (Å²) < 4.78 is 19.7. The Hall–Kier alpha value is -1.55. The highest BCUT2D eigenvalue weighted by Crippen LogP contribution is 2.29. The number of hydrogen-bond donors (Lipinski definition) is 4. The molecule has 0 aliphatic carbocycles. The van der Waals surface area contributed by atoms with Gasteiger partial charge in [0.05, 0.1) is 6.61 Å². The van der Waals surface area contributed by atoms with Gasteiger partial charge in [-0.25, -0.2) is 9.18 Å². The molecule has 0 aromatic carbocycles. The maximum absolute atomic E-state index is 13.8. The normalized spacial score (nSPS) is 34.1. The Morgan fingerprint density at radius 3 is 2.65 bits per heavy atom. The predicted octanol–water partition coefficient (Wildman–Crippen LogP) is -2.21. The molecule has 1 aromatic heterocycles. The van der Waals surface area contributed by atoms with Crippen LogP contribution in [-0.4, -0.2) is 56.0 Å². The number of halogens is 1. The number of aromatic nitrogens is 2. The van der Waals surface area contributed by atoms with Crippen molar-refractivity contribution in [1.29, 1.82) is 0 Å². The Labute approximate surface area is 112 Å². The number of nitrogens with one attached hydrogen (secondary N) is 1. The zero-order chi connectivity index (χ0) is 15.0. The standard InChI is InChI=1S/C11H15FN2O6/c1-4-2-14(11(19)13-9(4)18)10-8(17)6(12)7(16)5(3-15)20-10/h2,5-8,10,15-17H,3H2,1H3,(H,13,18,19)/t5-,6+,7-,8-,10-/m1/s1. The van der Waals surface area contributed by atoms with Crippen LogP contribution in [-0.2, 0) is 4.74 Å². The highest BCUT2D eigenvalue weighted by atomic mass is 19.1. The van der Waals surface area contributed by atoms with E-state index in [0.717, 1.165) is 10.8 Å². The van der Waals surface area contributed by atoms with Crippen LogP contribution in [0.3, 0.4) is 0 Å². The summed E-state index contributed by atoms with van der Waals surface area (Å²) in [5.74, 6) is 0. The average molecular weight is 290 g/mol. The van der Waals surface area contributed by atoms with Gasteiger partial charge in [-0.05, 0) is 6.92 Å². The number of aliphatic hydroxyl groups excluding tert-OH is 3. The van der Waals surface area contributed by atoms with E-state index in [4.69, 9.17) is 9.84 Å². The first-order chi connectivity index (χ1) is 9.36. The molecule has 4 N–H and O–H groups in total. The van der Waals surface area contributed by atoms with Crippen molar-refractivity contribution in [3.05, 3.63) is 32.6 Å². The van der Waals surface area contributed by atoms with E-state index in [0.29, 0.717) is 0 Å². The van der Waals surface area contributed by atoms with Gasteiger partial charge in [0.25, 0.3) is 5.56 Å². The highest BCUT2D eigenvalue weighted by molar-refractivity contribution is 5.03. The number of alkyl halides is 1. The molecule has 0 amide bonds. The van der Waals surface area contributed by atoms with E-state index in [2.05, 4.69) is 0 Å². The van der Waals surface area contributed by atoms with Crippen LogP contribution < -0.4 is 11.2 Å². The number of H-pyrrole nitrogens is 1. The SMILES string of the molecule is Cc1cn([C@@H]2O[C@H](CO)[C@@H](O)[C@H](F)[C@H]2O)c(=O)[nH]c1=O. The Morgan fingerprint density at radius 1 is 1.40 bits per heavy atom. The van der Waals surface area contributed by atoms with Crippen molar-refractivity contribution in [1.82, 2.24) is 9.55 Å². The van der Waals surface area contributed by atoms with Gasteiger partial charge in [-0.1, -0.05) is 0 Å². The summed E-state index contributed by atoms with van der Waals surface area (Å²) in [7, 11) is 0. The second kappa shape index (κ2) is 5.44. The third-order valence-corrected chi connectivity index (χ3v) is 3.24. The van der Waals surface area contributed by atoms with Crippen molar-refractivity contribution in [3.63, 3.8) is 0 Å². The van der Waals surface area contributed by atoms with Crippen molar-refractivity contribution >= 4 is 0 Å². The highest BCUT2D eigenvalue weighted by Gasteiger charge is 2.45. The van der Waals surface area contributed by atoms with Crippen LogP contribution in [0, 0.1) is 6.92 Å². The summed E-state index contributed by atoms with van der Waals surface area (Å²) in [5.41, 5.74) is -1.32. The van der Waals surface area contributed by atoms with Gasteiger partial charge in [-0.2, -0.15) is 0 Å². The third kappa shape index (κ3) is 2.40. The second-order valence-electron chi connectivity index (χ2n) is 4.65. The summed E-state index contributed by atoms with van der Waals surface area (Å²) in [6.07, 6.45) is -7.22. The number of ether oxygens (including phenoxy) is 1. The molecule has 1 aliphatic rings. The van der Waals surface area contributed by atoms with Crippen LogP contribution >= 0.6 is 0 Å². The lowest BCUT2D eigenvalue weighted by Gasteiger charge is -2.39. The number of nitrogens with zero attached hydrogens (tertiary/aromatic N) is 1. The van der Waals surface area contributed by atoms with E-state index in [1.54, 1.807) is 0 Å². The Bertz CT molecular complexity index is 597. The molecule has 2 heterocycles. The topological polar surface area (TPSA) is 125 Å². The Morgan fingerprint density at radius 2 is 2.05 bits per heavy atom. The first-order valence-electron chi connectivity index (χ1n) is 5.95. The number of rotatable bonds is 2. The molecule has 0 spiro atoms. The van der Waals surface area contributed by atoms with Gasteiger partial charge in [0.1, 0.15) is 18.3 Å². The molecule has 0 radical (unpaired) electrons. The minimum absolute atomic E-state index is 0.169. The van der Waals surface area contributed by atoms with Crippen LogP contribution in [0.4, 0.5) is 4.39 Å². The van der Waals surface area contributed by atoms with Crippen LogP contribution in [0.1, 0.15) is 11.8 Å². The smallest absolute Gasteiger partial charge is 0.330 e. The number of hydrogen-bond acceptors (Lipinski definition) is 6. The van der Waals surface area contributed by atoms with Crippen molar-refractivity contribution < 1.29 is 24.4 Å². The maximum Gasteiger partial charge on any atom is 0.330 e. The van der Waals surface area contributed by atoms with E-state index in [1.165, 1.54) is 6.92 Å². The first kappa shape index (κ1) is 14.9. The zero-order valence-electron chi connectivity index (χ0n) is 10.6. The predicted molar refractivity (Wildman–Crippen MR) is 64.0 cm³/mol. The van der Waals surface area contributed by atoms with Crippen molar-refractivity contribution in [3.8, 4) is 0 Å². The molecule has 1 aromatic rings. The number of aryl methyl sites for hydroxylation is 1. The summed E-state index contributed by atoms with van der Waals surface area (Å²) >= 11 is 0. The van der Waals surface area contributed by atoms with Crippen molar-refractivity contribution in [2.45, 2.75) is 37.6 Å². The van der Waals surface area contributed by atoms with Gasteiger partial charge in [-0.3, -0.25) is 14.3 Å². The van der Waals surface area contributed by atoms with Gasteiger partial charge >= 0.3 is 5.69 Å². The van der Waals surface area contributed by atoms with Crippen LogP contribution in [0.15, 0.2) is 15.8 Å². The number of aromatic amines is 1. The molecule has 112 valence electrons. The van der Waals surface area contributed by atoms with E-state index in [9.17, 15) is 24.2 Å².